The molecule has 0 bridgehead atoms. The summed E-state index contributed by atoms with van der Waals surface area (Å²) in [5.41, 5.74) is -0.229. The number of unbranched alkanes of at least 4 members (excludes halogenated alkanes) is 6. The Balaban J connectivity index is 2.18. The van der Waals surface area contributed by atoms with E-state index in [1.54, 1.807) is 0 Å². The number of hydrogen-bond acceptors (Lipinski definition) is 1. The molecule has 0 aliphatic heterocycles. The maximum atomic E-state index is 13.3. The van der Waals surface area contributed by atoms with Crippen molar-refractivity contribution in [3.05, 3.63) is 35.4 Å². The summed E-state index contributed by atoms with van der Waals surface area (Å²) in [6, 6.07) is 2.90. The first-order valence-electron chi connectivity index (χ1n) is 7.38. The van der Waals surface area contributed by atoms with Gasteiger partial charge in [-0.2, -0.15) is 0 Å². The minimum Gasteiger partial charge on any atom is -0.352 e. The van der Waals surface area contributed by atoms with E-state index in [1.165, 1.54) is 25.7 Å². The van der Waals surface area contributed by atoms with Crippen LogP contribution in [0.25, 0.3) is 0 Å². The van der Waals surface area contributed by atoms with Gasteiger partial charge in [0.2, 0.25) is 0 Å². The van der Waals surface area contributed by atoms with Crippen LogP contribution in [-0.4, -0.2) is 12.5 Å². The molecule has 0 unspecified atom stereocenters. The molecular weight excluding hydrogens is 260 g/mol. The number of rotatable bonds is 9. The Labute approximate surface area is 119 Å². The maximum absolute atomic E-state index is 13.3. The van der Waals surface area contributed by atoms with Gasteiger partial charge in [-0.05, 0) is 24.6 Å². The van der Waals surface area contributed by atoms with Gasteiger partial charge in [0.15, 0.2) is 0 Å². The van der Waals surface area contributed by atoms with E-state index >= 15 is 0 Å². The topological polar surface area (TPSA) is 29.1 Å². The number of carbonyl (C=O) groups is 1. The first-order valence-corrected chi connectivity index (χ1v) is 7.38. The normalized spacial score (nSPS) is 10.6. The van der Waals surface area contributed by atoms with E-state index < -0.39 is 17.5 Å². The third-order valence-electron chi connectivity index (χ3n) is 3.24. The third kappa shape index (κ3) is 6.13. The molecule has 20 heavy (non-hydrogen) atoms. The van der Waals surface area contributed by atoms with Crippen molar-refractivity contribution in [1.82, 2.24) is 5.32 Å². The molecule has 0 spiro atoms. The van der Waals surface area contributed by atoms with E-state index in [4.69, 9.17) is 0 Å². The fourth-order valence-electron chi connectivity index (χ4n) is 2.05. The summed E-state index contributed by atoms with van der Waals surface area (Å²) in [6.45, 7) is 2.68. The zero-order valence-corrected chi connectivity index (χ0v) is 12.1. The van der Waals surface area contributed by atoms with Crippen LogP contribution in [0.2, 0.25) is 0 Å². The minimum absolute atomic E-state index is 0.229. The van der Waals surface area contributed by atoms with Crippen LogP contribution in [0.3, 0.4) is 0 Å². The van der Waals surface area contributed by atoms with Gasteiger partial charge in [0.1, 0.15) is 11.6 Å². The van der Waals surface area contributed by atoms with Crippen molar-refractivity contribution in [3.8, 4) is 0 Å². The molecule has 1 aromatic carbocycles. The molecule has 0 atom stereocenters. The molecule has 0 saturated heterocycles. The molecule has 1 amide bonds. The van der Waals surface area contributed by atoms with Crippen LogP contribution in [0.1, 0.15) is 62.2 Å². The average molecular weight is 283 g/mol. The van der Waals surface area contributed by atoms with Crippen molar-refractivity contribution in [1.29, 1.82) is 0 Å². The molecule has 0 aromatic heterocycles. The zero-order valence-electron chi connectivity index (χ0n) is 12.1. The minimum atomic E-state index is -0.691. The Kier molecular flexibility index (Phi) is 7.85. The summed E-state index contributed by atoms with van der Waals surface area (Å²) in [4.78, 5) is 11.7. The lowest BCUT2D eigenvalue weighted by Crippen LogP contribution is -2.25. The highest BCUT2D eigenvalue weighted by molar-refractivity contribution is 5.94. The fraction of sp³-hybridized carbons (Fsp3) is 0.562. The molecule has 1 N–H and O–H groups in total. The van der Waals surface area contributed by atoms with Gasteiger partial charge in [-0.1, -0.05) is 45.4 Å². The van der Waals surface area contributed by atoms with Crippen LogP contribution >= 0.6 is 0 Å². The van der Waals surface area contributed by atoms with E-state index in [-0.39, 0.29) is 5.56 Å². The van der Waals surface area contributed by atoms with E-state index in [9.17, 15) is 13.6 Å². The lowest BCUT2D eigenvalue weighted by Gasteiger charge is -2.06. The monoisotopic (exact) mass is 283 g/mol. The largest absolute Gasteiger partial charge is 0.352 e. The van der Waals surface area contributed by atoms with Gasteiger partial charge in [0.05, 0.1) is 5.56 Å². The number of halogens is 2. The first kappa shape index (κ1) is 16.6. The number of carbonyl (C=O) groups excluding carboxylic acids is 1. The van der Waals surface area contributed by atoms with Crippen LogP contribution in [0.4, 0.5) is 8.78 Å². The van der Waals surface area contributed by atoms with Gasteiger partial charge in [-0.25, -0.2) is 8.78 Å². The van der Waals surface area contributed by atoms with Crippen molar-refractivity contribution in [2.75, 3.05) is 6.54 Å². The summed E-state index contributed by atoms with van der Waals surface area (Å²) in [7, 11) is 0. The maximum Gasteiger partial charge on any atom is 0.254 e. The highest BCUT2D eigenvalue weighted by Crippen LogP contribution is 2.10. The summed E-state index contributed by atoms with van der Waals surface area (Å²) < 4.78 is 26.3. The lowest BCUT2D eigenvalue weighted by atomic mass is 10.1. The van der Waals surface area contributed by atoms with E-state index in [0.29, 0.717) is 6.54 Å². The van der Waals surface area contributed by atoms with Crippen molar-refractivity contribution in [3.63, 3.8) is 0 Å². The summed E-state index contributed by atoms with van der Waals surface area (Å²) in [5, 5.41) is 2.62. The molecule has 0 fully saturated rings. The van der Waals surface area contributed by atoms with Gasteiger partial charge in [0, 0.05) is 6.54 Å². The Bertz CT molecular complexity index is 421. The lowest BCUT2D eigenvalue weighted by molar-refractivity contribution is 0.0948. The van der Waals surface area contributed by atoms with E-state index in [0.717, 1.165) is 37.5 Å². The van der Waals surface area contributed by atoms with Crippen LogP contribution < -0.4 is 5.32 Å². The quantitative estimate of drug-likeness (QED) is 0.667. The Hall–Kier alpha value is -1.45. The fourth-order valence-corrected chi connectivity index (χ4v) is 2.05. The van der Waals surface area contributed by atoms with Crippen LogP contribution in [0.5, 0.6) is 0 Å². The molecule has 112 valence electrons. The van der Waals surface area contributed by atoms with Crippen molar-refractivity contribution in [2.24, 2.45) is 0 Å². The molecule has 0 aliphatic carbocycles. The predicted octanol–water partition coefficient (Wildman–Crippen LogP) is 4.45. The highest BCUT2D eigenvalue weighted by Gasteiger charge is 2.11. The van der Waals surface area contributed by atoms with Gasteiger partial charge < -0.3 is 5.32 Å². The first-order chi connectivity index (χ1) is 9.65. The Morgan fingerprint density at radius 2 is 1.70 bits per heavy atom. The van der Waals surface area contributed by atoms with Crippen molar-refractivity contribution < 1.29 is 13.6 Å². The molecule has 1 rings (SSSR count). The molecule has 4 heteroatoms. The summed E-state index contributed by atoms with van der Waals surface area (Å²) in [6.07, 6.45) is 8.07. The van der Waals surface area contributed by atoms with E-state index in [1.807, 2.05) is 0 Å². The second-order valence-corrected chi connectivity index (χ2v) is 5.00. The molecule has 1 aromatic rings. The van der Waals surface area contributed by atoms with Crippen LogP contribution in [-0.2, 0) is 0 Å². The molecule has 0 aliphatic rings. The van der Waals surface area contributed by atoms with Crippen LogP contribution in [0.15, 0.2) is 18.2 Å². The number of hydrogen-bond donors (Lipinski definition) is 1. The average Bonchev–Trinajstić information content (AvgIpc) is 2.44. The molecule has 0 saturated carbocycles. The highest BCUT2D eigenvalue weighted by atomic mass is 19.1. The zero-order chi connectivity index (χ0) is 14.8. The molecule has 2 nitrogen and oxygen atoms in total. The standard InChI is InChI=1S/C16H23F2NO/c1-2-3-4-5-6-7-8-11-19-16(20)14-12-13(17)9-10-15(14)18/h9-10,12H,2-8,11H2,1H3,(H,19,20). The predicted molar refractivity (Wildman–Crippen MR) is 76.7 cm³/mol. The van der Waals surface area contributed by atoms with E-state index in [2.05, 4.69) is 12.2 Å². The van der Waals surface area contributed by atoms with Gasteiger partial charge in [-0.15, -0.1) is 0 Å². The van der Waals surface area contributed by atoms with Gasteiger partial charge >= 0.3 is 0 Å². The van der Waals surface area contributed by atoms with Crippen molar-refractivity contribution >= 4 is 5.91 Å². The molecular formula is C16H23F2NO. The number of benzene rings is 1. The Morgan fingerprint density at radius 1 is 1.05 bits per heavy atom. The van der Waals surface area contributed by atoms with Gasteiger partial charge in [-0.3, -0.25) is 4.79 Å². The SMILES string of the molecule is CCCCCCCCCNC(=O)c1cc(F)ccc1F. The Morgan fingerprint density at radius 3 is 2.40 bits per heavy atom. The third-order valence-corrected chi connectivity index (χ3v) is 3.24. The second-order valence-electron chi connectivity index (χ2n) is 5.00. The van der Waals surface area contributed by atoms with Crippen molar-refractivity contribution in [2.45, 2.75) is 51.9 Å². The number of nitrogens with one attached hydrogen (secondary N) is 1. The molecule has 0 radical (unpaired) electrons. The number of amides is 1. The van der Waals surface area contributed by atoms with Crippen LogP contribution in [0, 0.1) is 11.6 Å². The second kappa shape index (κ2) is 9.45. The molecule has 0 heterocycles. The smallest absolute Gasteiger partial charge is 0.254 e. The van der Waals surface area contributed by atoms with Gasteiger partial charge in [0.25, 0.3) is 5.91 Å². The summed E-state index contributed by atoms with van der Waals surface area (Å²) >= 11 is 0. The summed E-state index contributed by atoms with van der Waals surface area (Å²) in [5.74, 6) is -1.84.